The largest absolute Gasteiger partial charge is 0.497 e. The first-order valence-electron chi connectivity index (χ1n) is 10.3. The number of ether oxygens (including phenoxy) is 2. The van der Waals surface area contributed by atoms with Crippen molar-refractivity contribution in [1.29, 1.82) is 0 Å². The van der Waals surface area contributed by atoms with Gasteiger partial charge in [0, 0.05) is 48.9 Å². The number of aromatic amines is 1. The summed E-state index contributed by atoms with van der Waals surface area (Å²) in [5, 5.41) is 0. The molecule has 2 aliphatic heterocycles. The van der Waals surface area contributed by atoms with Crippen molar-refractivity contribution in [3.05, 3.63) is 41.5 Å². The number of methoxy groups -OCH3 is 2. The Hall–Kier alpha value is -2.54. The second-order valence-electron chi connectivity index (χ2n) is 8.37. The standard InChI is InChI=1S/C22H30N4O3/c1-16-20(24-15-23-16)12-25-7-4-5-22(13-25)6-8-26(14-22)21(27)17-9-18(28-2)11-19(10-17)29-3/h9-11,15H,4-8,12-14H2,1-3H3,(H,23,24). The summed E-state index contributed by atoms with van der Waals surface area (Å²) in [6.07, 6.45) is 5.16. The van der Waals surface area contributed by atoms with E-state index in [0.717, 1.165) is 50.5 Å². The van der Waals surface area contributed by atoms with Crippen LogP contribution in [0, 0.1) is 12.3 Å². The van der Waals surface area contributed by atoms with Crippen molar-refractivity contribution >= 4 is 5.91 Å². The van der Waals surface area contributed by atoms with E-state index in [9.17, 15) is 4.79 Å². The van der Waals surface area contributed by atoms with Gasteiger partial charge in [0.1, 0.15) is 11.5 Å². The predicted octanol–water partition coefficient (Wildman–Crippen LogP) is 2.86. The quantitative estimate of drug-likeness (QED) is 0.839. The average molecular weight is 399 g/mol. The molecule has 1 amide bonds. The smallest absolute Gasteiger partial charge is 0.254 e. The maximum Gasteiger partial charge on any atom is 0.254 e. The third-order valence-corrected chi connectivity index (χ3v) is 6.37. The highest BCUT2D eigenvalue weighted by Crippen LogP contribution is 2.40. The topological polar surface area (TPSA) is 70.7 Å². The third-order valence-electron chi connectivity index (χ3n) is 6.37. The molecule has 2 fully saturated rings. The van der Waals surface area contributed by atoms with Crippen LogP contribution in [0.25, 0.3) is 0 Å². The third kappa shape index (κ3) is 4.10. The number of H-pyrrole nitrogens is 1. The first-order valence-corrected chi connectivity index (χ1v) is 10.3. The number of amides is 1. The molecule has 1 spiro atoms. The number of hydrogen-bond donors (Lipinski definition) is 1. The molecule has 0 bridgehead atoms. The molecule has 2 aromatic rings. The maximum atomic E-state index is 13.2. The lowest BCUT2D eigenvalue weighted by Gasteiger charge is -2.40. The second-order valence-corrected chi connectivity index (χ2v) is 8.37. The van der Waals surface area contributed by atoms with E-state index in [4.69, 9.17) is 9.47 Å². The fraction of sp³-hybridized carbons (Fsp3) is 0.545. The molecule has 156 valence electrons. The van der Waals surface area contributed by atoms with Crippen molar-refractivity contribution < 1.29 is 14.3 Å². The van der Waals surface area contributed by atoms with Crippen LogP contribution in [0.4, 0.5) is 0 Å². The van der Waals surface area contributed by atoms with Gasteiger partial charge in [0.05, 0.1) is 26.2 Å². The molecule has 1 unspecified atom stereocenters. The molecule has 0 saturated carbocycles. The number of imidazole rings is 1. The Labute approximate surface area is 172 Å². The van der Waals surface area contributed by atoms with Crippen LogP contribution in [-0.2, 0) is 6.54 Å². The molecular weight excluding hydrogens is 368 g/mol. The lowest BCUT2D eigenvalue weighted by atomic mass is 9.79. The number of nitrogens with zero attached hydrogens (tertiary/aromatic N) is 3. The van der Waals surface area contributed by atoms with Gasteiger partial charge in [0.25, 0.3) is 5.91 Å². The Morgan fingerprint density at radius 3 is 2.55 bits per heavy atom. The number of carbonyl (C=O) groups excluding carboxylic acids is 1. The number of likely N-dealkylation sites (tertiary alicyclic amines) is 2. The Balaban J connectivity index is 1.45. The van der Waals surface area contributed by atoms with E-state index < -0.39 is 0 Å². The normalized spacial score (nSPS) is 22.2. The summed E-state index contributed by atoms with van der Waals surface area (Å²) in [5.41, 5.74) is 3.07. The van der Waals surface area contributed by atoms with Gasteiger partial charge in [-0.2, -0.15) is 0 Å². The van der Waals surface area contributed by atoms with Crippen LogP contribution in [0.2, 0.25) is 0 Å². The summed E-state index contributed by atoms with van der Waals surface area (Å²) in [5.74, 6) is 1.33. The summed E-state index contributed by atoms with van der Waals surface area (Å²) in [6, 6.07) is 5.38. The van der Waals surface area contributed by atoms with Crippen molar-refractivity contribution in [1.82, 2.24) is 19.8 Å². The van der Waals surface area contributed by atoms with Crippen LogP contribution in [-0.4, -0.2) is 66.1 Å². The highest BCUT2D eigenvalue weighted by Gasteiger charge is 2.43. The van der Waals surface area contributed by atoms with Crippen LogP contribution in [0.15, 0.2) is 24.5 Å². The molecule has 29 heavy (non-hydrogen) atoms. The summed E-state index contributed by atoms with van der Waals surface area (Å²) in [6.45, 7) is 6.66. The van der Waals surface area contributed by atoms with Crippen LogP contribution >= 0.6 is 0 Å². The van der Waals surface area contributed by atoms with Crippen molar-refractivity contribution in [3.8, 4) is 11.5 Å². The summed E-state index contributed by atoms with van der Waals surface area (Å²) in [7, 11) is 3.21. The van der Waals surface area contributed by atoms with Gasteiger partial charge in [-0.05, 0) is 44.9 Å². The van der Waals surface area contributed by atoms with Crippen molar-refractivity contribution in [2.45, 2.75) is 32.7 Å². The first kappa shape index (κ1) is 19.8. The van der Waals surface area contributed by atoms with Gasteiger partial charge in [0.2, 0.25) is 0 Å². The van der Waals surface area contributed by atoms with Crippen molar-refractivity contribution in [2.24, 2.45) is 5.41 Å². The zero-order valence-electron chi connectivity index (χ0n) is 17.5. The molecular formula is C22H30N4O3. The van der Waals surface area contributed by atoms with Crippen LogP contribution in [0.5, 0.6) is 11.5 Å². The van der Waals surface area contributed by atoms with E-state index in [0.29, 0.717) is 17.1 Å². The molecule has 1 atom stereocenters. The number of benzene rings is 1. The summed E-state index contributed by atoms with van der Waals surface area (Å²) < 4.78 is 10.7. The van der Waals surface area contributed by atoms with Crippen LogP contribution in [0.3, 0.4) is 0 Å². The molecule has 1 aromatic carbocycles. The van der Waals surface area contributed by atoms with E-state index in [1.807, 2.05) is 4.90 Å². The van der Waals surface area contributed by atoms with E-state index >= 15 is 0 Å². The maximum absolute atomic E-state index is 13.2. The van der Waals surface area contributed by atoms with Gasteiger partial charge in [-0.3, -0.25) is 9.69 Å². The Bertz CT molecular complexity index is 858. The molecule has 2 aliphatic rings. The molecule has 7 heteroatoms. The summed E-state index contributed by atoms with van der Waals surface area (Å²) >= 11 is 0. The number of rotatable bonds is 5. The SMILES string of the molecule is COc1cc(OC)cc(C(=O)N2CCC3(CCCN(Cc4nc[nH]c4C)C3)C2)c1. The average Bonchev–Trinajstić information content (AvgIpc) is 3.33. The Morgan fingerprint density at radius 2 is 1.90 bits per heavy atom. The number of hydrogen-bond acceptors (Lipinski definition) is 5. The molecule has 3 heterocycles. The zero-order valence-corrected chi connectivity index (χ0v) is 17.5. The first-order chi connectivity index (χ1) is 14.0. The van der Waals surface area contributed by atoms with E-state index in [-0.39, 0.29) is 11.3 Å². The fourth-order valence-electron chi connectivity index (χ4n) is 4.76. The van der Waals surface area contributed by atoms with E-state index in [1.165, 1.54) is 12.8 Å². The monoisotopic (exact) mass is 398 g/mol. The van der Waals surface area contributed by atoms with Gasteiger partial charge in [-0.1, -0.05) is 0 Å². The highest BCUT2D eigenvalue weighted by atomic mass is 16.5. The predicted molar refractivity (Wildman–Crippen MR) is 110 cm³/mol. The highest BCUT2D eigenvalue weighted by molar-refractivity contribution is 5.95. The molecule has 4 rings (SSSR count). The van der Waals surface area contributed by atoms with E-state index in [2.05, 4.69) is 21.8 Å². The number of nitrogens with one attached hydrogen (secondary N) is 1. The second kappa shape index (κ2) is 8.06. The lowest BCUT2D eigenvalue weighted by molar-refractivity contribution is 0.0672. The molecule has 2 saturated heterocycles. The molecule has 0 radical (unpaired) electrons. The molecule has 7 nitrogen and oxygen atoms in total. The number of piperidine rings is 1. The Morgan fingerprint density at radius 1 is 1.14 bits per heavy atom. The van der Waals surface area contributed by atoms with Crippen molar-refractivity contribution in [3.63, 3.8) is 0 Å². The lowest BCUT2D eigenvalue weighted by Crippen LogP contribution is -2.45. The molecule has 1 aromatic heterocycles. The molecule has 0 aliphatic carbocycles. The number of carbonyl (C=O) groups is 1. The van der Waals surface area contributed by atoms with Gasteiger partial charge >= 0.3 is 0 Å². The summed E-state index contributed by atoms with van der Waals surface area (Å²) in [4.78, 5) is 25.3. The zero-order chi connectivity index (χ0) is 20.4. The van der Waals surface area contributed by atoms with Crippen LogP contribution in [0.1, 0.15) is 41.0 Å². The minimum absolute atomic E-state index is 0.0549. The van der Waals surface area contributed by atoms with E-state index in [1.54, 1.807) is 38.7 Å². The Kier molecular flexibility index (Phi) is 5.50. The van der Waals surface area contributed by atoms with Crippen LogP contribution < -0.4 is 9.47 Å². The number of aromatic nitrogens is 2. The number of aryl methyl sites for hydroxylation is 1. The molecule has 1 N–H and O–H groups in total. The van der Waals surface area contributed by atoms with Gasteiger partial charge in [-0.15, -0.1) is 0 Å². The minimum Gasteiger partial charge on any atom is -0.497 e. The minimum atomic E-state index is 0.0549. The van der Waals surface area contributed by atoms with Crippen molar-refractivity contribution in [2.75, 3.05) is 40.4 Å². The van der Waals surface area contributed by atoms with Gasteiger partial charge in [-0.25, -0.2) is 4.98 Å². The van der Waals surface area contributed by atoms with Gasteiger partial charge in [0.15, 0.2) is 0 Å². The fourth-order valence-corrected chi connectivity index (χ4v) is 4.76. The van der Waals surface area contributed by atoms with Gasteiger partial charge < -0.3 is 19.4 Å².